The number of alkyl halides is 1. The van der Waals surface area contributed by atoms with Crippen molar-refractivity contribution in [3.05, 3.63) is 48.0 Å². The molecule has 0 aliphatic rings. The summed E-state index contributed by atoms with van der Waals surface area (Å²) >= 11 is 3.13. The molecule has 2 aromatic carbocycles. The molecule has 0 radical (unpaired) electrons. The number of halogens is 1. The molecule has 3 heteroatoms. The van der Waals surface area contributed by atoms with Crippen LogP contribution in [-0.2, 0) is 11.3 Å². The van der Waals surface area contributed by atoms with E-state index in [4.69, 9.17) is 0 Å². The number of rotatable bonds is 3. The predicted molar refractivity (Wildman–Crippen MR) is 69.6 cm³/mol. The third-order valence-corrected chi connectivity index (χ3v) is 2.99. The minimum Gasteiger partial charge on any atom is -0.351 e. The summed E-state index contributed by atoms with van der Waals surface area (Å²) < 4.78 is 0. The van der Waals surface area contributed by atoms with Crippen LogP contribution in [0.15, 0.2) is 42.5 Å². The highest BCUT2D eigenvalue weighted by Gasteiger charge is 2.01. The molecular formula is C13H12BrNO. The average Bonchev–Trinajstić information content (AvgIpc) is 2.35. The second-order valence-electron chi connectivity index (χ2n) is 3.55. The molecule has 0 bridgehead atoms. The molecule has 0 aromatic heterocycles. The lowest BCUT2D eigenvalue weighted by molar-refractivity contribution is -0.118. The molecule has 0 unspecified atom stereocenters. The quantitative estimate of drug-likeness (QED) is 0.859. The third kappa shape index (κ3) is 2.42. The van der Waals surface area contributed by atoms with E-state index in [0.29, 0.717) is 11.9 Å². The fourth-order valence-electron chi connectivity index (χ4n) is 1.69. The highest BCUT2D eigenvalue weighted by atomic mass is 79.9. The lowest BCUT2D eigenvalue weighted by Crippen LogP contribution is -2.23. The van der Waals surface area contributed by atoms with Crippen LogP contribution in [0.1, 0.15) is 5.56 Å². The number of carbonyl (C=O) groups excluding carboxylic acids is 1. The molecule has 1 N–H and O–H groups in total. The van der Waals surface area contributed by atoms with E-state index in [1.807, 2.05) is 24.3 Å². The van der Waals surface area contributed by atoms with Crippen LogP contribution in [0.2, 0.25) is 0 Å². The zero-order valence-electron chi connectivity index (χ0n) is 8.74. The van der Waals surface area contributed by atoms with E-state index in [0.717, 1.165) is 5.56 Å². The lowest BCUT2D eigenvalue weighted by Gasteiger charge is -2.07. The third-order valence-electron chi connectivity index (χ3n) is 2.48. The van der Waals surface area contributed by atoms with Crippen LogP contribution >= 0.6 is 15.9 Å². The second-order valence-corrected chi connectivity index (χ2v) is 4.11. The summed E-state index contributed by atoms with van der Waals surface area (Å²) in [5.41, 5.74) is 1.15. The average molecular weight is 278 g/mol. The monoisotopic (exact) mass is 277 g/mol. The Morgan fingerprint density at radius 2 is 1.88 bits per heavy atom. The van der Waals surface area contributed by atoms with Crippen LogP contribution in [-0.4, -0.2) is 11.2 Å². The first-order chi connectivity index (χ1) is 7.81. The summed E-state index contributed by atoms with van der Waals surface area (Å²) in [7, 11) is 0. The Morgan fingerprint density at radius 1 is 1.12 bits per heavy atom. The second kappa shape index (κ2) is 5.12. The lowest BCUT2D eigenvalue weighted by atomic mass is 10.0. The number of hydrogen-bond acceptors (Lipinski definition) is 1. The molecule has 0 spiro atoms. The highest BCUT2D eigenvalue weighted by molar-refractivity contribution is 9.09. The van der Waals surface area contributed by atoms with Gasteiger partial charge in [-0.25, -0.2) is 0 Å². The maximum absolute atomic E-state index is 11.2. The molecule has 16 heavy (non-hydrogen) atoms. The van der Waals surface area contributed by atoms with E-state index in [1.54, 1.807) is 0 Å². The first-order valence-corrected chi connectivity index (χ1v) is 6.22. The standard InChI is InChI=1S/C13H12BrNO/c14-8-13(16)15-9-11-6-3-5-10-4-1-2-7-12(10)11/h1-7H,8-9H2,(H,15,16). The first kappa shape index (κ1) is 11.1. The van der Waals surface area contributed by atoms with Gasteiger partial charge in [-0.15, -0.1) is 0 Å². The number of carbonyl (C=O) groups is 1. The number of fused-ring (bicyclic) bond motifs is 1. The molecule has 2 rings (SSSR count). The molecule has 0 atom stereocenters. The smallest absolute Gasteiger partial charge is 0.230 e. The minimum atomic E-state index is 0.00735. The van der Waals surface area contributed by atoms with Gasteiger partial charge in [0.1, 0.15) is 0 Å². The SMILES string of the molecule is O=C(CBr)NCc1cccc2ccccc12. The zero-order valence-corrected chi connectivity index (χ0v) is 10.3. The summed E-state index contributed by atoms with van der Waals surface area (Å²) in [5, 5.41) is 5.60. The van der Waals surface area contributed by atoms with Gasteiger partial charge in [-0.05, 0) is 16.3 Å². The van der Waals surface area contributed by atoms with Crippen molar-refractivity contribution in [2.45, 2.75) is 6.54 Å². The Morgan fingerprint density at radius 3 is 2.69 bits per heavy atom. The van der Waals surface area contributed by atoms with Gasteiger partial charge in [0, 0.05) is 6.54 Å². The van der Waals surface area contributed by atoms with Crippen LogP contribution in [0.3, 0.4) is 0 Å². The van der Waals surface area contributed by atoms with Gasteiger partial charge in [0.05, 0.1) is 5.33 Å². The van der Waals surface area contributed by atoms with Crippen molar-refractivity contribution >= 4 is 32.6 Å². The van der Waals surface area contributed by atoms with Crippen LogP contribution in [0.25, 0.3) is 10.8 Å². The fraction of sp³-hybridized carbons (Fsp3) is 0.154. The summed E-state index contributed by atoms with van der Waals surface area (Å²) in [6.45, 7) is 0.575. The molecule has 0 heterocycles. The van der Waals surface area contributed by atoms with E-state index in [9.17, 15) is 4.79 Å². The van der Waals surface area contributed by atoms with Crippen molar-refractivity contribution in [3.63, 3.8) is 0 Å². The summed E-state index contributed by atoms with van der Waals surface area (Å²) in [4.78, 5) is 11.2. The van der Waals surface area contributed by atoms with E-state index in [-0.39, 0.29) is 5.91 Å². The number of benzene rings is 2. The molecule has 2 aromatic rings. The minimum absolute atomic E-state index is 0.00735. The van der Waals surface area contributed by atoms with Gasteiger partial charge in [0.25, 0.3) is 0 Å². The van der Waals surface area contributed by atoms with Crippen molar-refractivity contribution < 1.29 is 4.79 Å². The molecule has 1 amide bonds. The van der Waals surface area contributed by atoms with E-state index in [2.05, 4.69) is 39.4 Å². The van der Waals surface area contributed by atoms with Gasteiger partial charge < -0.3 is 5.32 Å². The Hall–Kier alpha value is -1.35. The number of nitrogens with one attached hydrogen (secondary N) is 1. The Balaban J connectivity index is 2.27. The number of hydrogen-bond donors (Lipinski definition) is 1. The Kier molecular flexibility index (Phi) is 3.57. The predicted octanol–water partition coefficient (Wildman–Crippen LogP) is 2.85. The largest absolute Gasteiger partial charge is 0.351 e. The van der Waals surface area contributed by atoms with E-state index < -0.39 is 0 Å². The molecule has 2 nitrogen and oxygen atoms in total. The molecule has 0 fully saturated rings. The van der Waals surface area contributed by atoms with Gasteiger partial charge in [0.15, 0.2) is 0 Å². The van der Waals surface area contributed by atoms with Crippen molar-refractivity contribution in [1.29, 1.82) is 0 Å². The Labute approximate surface area is 103 Å². The van der Waals surface area contributed by atoms with Crippen molar-refractivity contribution in [1.82, 2.24) is 5.32 Å². The summed E-state index contributed by atoms with van der Waals surface area (Å²) in [5.74, 6) is 0.00735. The van der Waals surface area contributed by atoms with Gasteiger partial charge in [-0.3, -0.25) is 4.79 Å². The molecular weight excluding hydrogens is 266 g/mol. The van der Waals surface area contributed by atoms with E-state index >= 15 is 0 Å². The first-order valence-electron chi connectivity index (χ1n) is 5.10. The highest BCUT2D eigenvalue weighted by Crippen LogP contribution is 2.18. The molecule has 0 saturated heterocycles. The van der Waals surface area contributed by atoms with Crippen molar-refractivity contribution in [2.75, 3.05) is 5.33 Å². The van der Waals surface area contributed by atoms with Crippen molar-refractivity contribution in [3.8, 4) is 0 Å². The molecule has 0 aliphatic carbocycles. The molecule has 0 saturated carbocycles. The van der Waals surface area contributed by atoms with Crippen LogP contribution in [0, 0.1) is 0 Å². The van der Waals surface area contributed by atoms with Gasteiger partial charge in [-0.2, -0.15) is 0 Å². The zero-order chi connectivity index (χ0) is 11.4. The topological polar surface area (TPSA) is 29.1 Å². The Bertz CT molecular complexity index is 505. The van der Waals surface area contributed by atoms with Crippen LogP contribution < -0.4 is 5.32 Å². The summed E-state index contributed by atoms with van der Waals surface area (Å²) in [6, 6.07) is 14.3. The van der Waals surface area contributed by atoms with Crippen molar-refractivity contribution in [2.24, 2.45) is 0 Å². The summed E-state index contributed by atoms with van der Waals surface area (Å²) in [6.07, 6.45) is 0. The van der Waals surface area contributed by atoms with Gasteiger partial charge in [-0.1, -0.05) is 58.4 Å². The maximum Gasteiger partial charge on any atom is 0.230 e. The van der Waals surface area contributed by atoms with Crippen LogP contribution in [0.4, 0.5) is 0 Å². The normalized spacial score (nSPS) is 10.3. The van der Waals surface area contributed by atoms with Gasteiger partial charge >= 0.3 is 0 Å². The van der Waals surface area contributed by atoms with Gasteiger partial charge in [0.2, 0.25) is 5.91 Å². The van der Waals surface area contributed by atoms with Crippen LogP contribution in [0.5, 0.6) is 0 Å². The fourth-order valence-corrected chi connectivity index (χ4v) is 1.89. The molecule has 82 valence electrons. The maximum atomic E-state index is 11.2. The molecule has 0 aliphatic heterocycles. The van der Waals surface area contributed by atoms with E-state index in [1.165, 1.54) is 10.8 Å². The number of amides is 1.